The lowest BCUT2D eigenvalue weighted by atomic mass is 9.79. The molecule has 0 saturated heterocycles. The average molecular weight is 393 g/mol. The van der Waals surface area contributed by atoms with Crippen molar-refractivity contribution in [3.05, 3.63) is 101 Å². The summed E-state index contributed by atoms with van der Waals surface area (Å²) in [5.41, 5.74) is 6.32. The van der Waals surface area contributed by atoms with Crippen LogP contribution in [0.2, 0.25) is 0 Å². The van der Waals surface area contributed by atoms with Gasteiger partial charge in [-0.25, -0.2) is 0 Å². The fourth-order valence-electron chi connectivity index (χ4n) is 3.45. The summed E-state index contributed by atoms with van der Waals surface area (Å²) in [5, 5.41) is 0. The van der Waals surface area contributed by atoms with Gasteiger partial charge in [-0.3, -0.25) is 0 Å². The van der Waals surface area contributed by atoms with Gasteiger partial charge in [0.15, 0.2) is 0 Å². The lowest BCUT2D eigenvalue weighted by Gasteiger charge is -2.27. The number of hydrogen-bond donors (Lipinski definition) is 0. The summed E-state index contributed by atoms with van der Waals surface area (Å²) in [5.74, 6) is 1.08. The van der Waals surface area contributed by atoms with E-state index in [0.29, 0.717) is 0 Å². The highest BCUT2D eigenvalue weighted by Crippen LogP contribution is 2.42. The lowest BCUT2D eigenvalue weighted by molar-refractivity contribution is 0.580. The summed E-state index contributed by atoms with van der Waals surface area (Å²) in [4.78, 5) is 0. The predicted octanol–water partition coefficient (Wildman–Crippen LogP) is 7.67. The molecule has 0 aliphatic rings. The summed E-state index contributed by atoms with van der Waals surface area (Å²) in [6, 6.07) is 25.9. The van der Waals surface area contributed by atoms with Crippen LogP contribution in [0.3, 0.4) is 0 Å². The minimum absolute atomic E-state index is 0.0802. The SMILES string of the molecule is CC.Cc1cc(C(C)(C)C)cc(C(c2ccccc2)c2ccccc2)c1OP. The lowest BCUT2D eigenvalue weighted by Crippen LogP contribution is -2.14. The monoisotopic (exact) mass is 392 g/mol. The van der Waals surface area contributed by atoms with Gasteiger partial charge in [0.25, 0.3) is 0 Å². The molecule has 0 amide bonds. The summed E-state index contributed by atoms with van der Waals surface area (Å²) in [6.45, 7) is 12.9. The van der Waals surface area contributed by atoms with E-state index in [1.54, 1.807) is 0 Å². The van der Waals surface area contributed by atoms with E-state index in [1.807, 2.05) is 13.8 Å². The molecule has 0 N–H and O–H groups in total. The van der Waals surface area contributed by atoms with E-state index in [2.05, 4.69) is 110 Å². The number of aryl methyl sites for hydroxylation is 1. The van der Waals surface area contributed by atoms with Gasteiger partial charge in [0.2, 0.25) is 0 Å². The average Bonchev–Trinajstić information content (AvgIpc) is 2.70. The van der Waals surface area contributed by atoms with Crippen LogP contribution in [-0.4, -0.2) is 0 Å². The highest BCUT2D eigenvalue weighted by molar-refractivity contribution is 7.10. The number of benzene rings is 3. The van der Waals surface area contributed by atoms with Crippen LogP contribution in [0.4, 0.5) is 0 Å². The number of hydrogen-bond acceptors (Lipinski definition) is 1. The van der Waals surface area contributed by atoms with Crippen LogP contribution >= 0.6 is 9.47 Å². The zero-order chi connectivity index (χ0) is 20.7. The first kappa shape index (κ1) is 22.2. The molecule has 28 heavy (non-hydrogen) atoms. The van der Waals surface area contributed by atoms with Gasteiger partial charge < -0.3 is 4.52 Å². The Bertz CT molecular complexity index is 825. The molecule has 1 atom stereocenters. The molecule has 3 rings (SSSR count). The molecule has 0 saturated carbocycles. The molecule has 0 spiro atoms. The Morgan fingerprint density at radius 1 is 0.786 bits per heavy atom. The zero-order valence-corrected chi connectivity index (χ0v) is 19.1. The second-order valence-electron chi connectivity index (χ2n) is 7.83. The van der Waals surface area contributed by atoms with Crippen molar-refractivity contribution in [1.29, 1.82) is 0 Å². The third-order valence-electron chi connectivity index (χ3n) is 4.86. The third-order valence-corrected chi connectivity index (χ3v) is 5.10. The van der Waals surface area contributed by atoms with Crippen molar-refractivity contribution >= 4 is 9.47 Å². The maximum absolute atomic E-state index is 5.78. The predicted molar refractivity (Wildman–Crippen MR) is 125 cm³/mol. The Morgan fingerprint density at radius 2 is 1.25 bits per heavy atom. The second kappa shape index (κ2) is 9.89. The fraction of sp³-hybridized carbons (Fsp3) is 0.308. The molecular formula is C26H33OP. The normalized spacial score (nSPS) is 11.0. The van der Waals surface area contributed by atoms with Gasteiger partial charge in [0.05, 0.1) is 9.47 Å². The Labute approximate surface area is 173 Å². The molecule has 148 valence electrons. The summed E-state index contributed by atoms with van der Waals surface area (Å²) in [6.07, 6.45) is 0. The van der Waals surface area contributed by atoms with Gasteiger partial charge in [-0.05, 0) is 34.6 Å². The van der Waals surface area contributed by atoms with Gasteiger partial charge in [-0.2, -0.15) is 0 Å². The highest BCUT2D eigenvalue weighted by Gasteiger charge is 2.25. The molecule has 0 bridgehead atoms. The van der Waals surface area contributed by atoms with E-state index in [9.17, 15) is 0 Å². The quantitative estimate of drug-likeness (QED) is 0.327. The Morgan fingerprint density at radius 3 is 1.64 bits per heavy atom. The molecular weight excluding hydrogens is 359 g/mol. The van der Waals surface area contributed by atoms with E-state index in [1.165, 1.54) is 27.8 Å². The first-order valence-electron chi connectivity index (χ1n) is 10.0. The van der Waals surface area contributed by atoms with Crippen molar-refractivity contribution in [3.8, 4) is 5.75 Å². The van der Waals surface area contributed by atoms with Crippen LogP contribution in [0, 0.1) is 6.92 Å². The maximum Gasteiger partial charge on any atom is 0.129 e. The molecule has 0 radical (unpaired) electrons. The highest BCUT2D eigenvalue weighted by atomic mass is 31.0. The molecule has 0 aliphatic heterocycles. The van der Waals surface area contributed by atoms with Crippen molar-refractivity contribution in [2.75, 3.05) is 0 Å². The largest absolute Gasteiger partial charge is 0.480 e. The van der Waals surface area contributed by atoms with Crippen LogP contribution in [0.25, 0.3) is 0 Å². The van der Waals surface area contributed by atoms with Crippen LogP contribution in [0.1, 0.15) is 68.4 Å². The third kappa shape index (κ3) is 5.03. The molecule has 0 heterocycles. The van der Waals surface area contributed by atoms with Crippen molar-refractivity contribution in [2.24, 2.45) is 0 Å². The van der Waals surface area contributed by atoms with Crippen molar-refractivity contribution in [1.82, 2.24) is 0 Å². The van der Waals surface area contributed by atoms with Crippen LogP contribution < -0.4 is 4.52 Å². The first-order valence-corrected chi connectivity index (χ1v) is 10.5. The molecule has 2 heteroatoms. The van der Waals surface area contributed by atoms with E-state index in [4.69, 9.17) is 4.52 Å². The molecule has 0 aromatic heterocycles. The number of rotatable bonds is 4. The molecule has 1 nitrogen and oxygen atoms in total. The van der Waals surface area contributed by atoms with Gasteiger partial charge in [0, 0.05) is 11.5 Å². The standard InChI is InChI=1S/C24H27OP.C2H6/c1-17-15-20(24(2,3)4)16-21(23(17)25-26)22(18-11-7-5-8-12-18)19-13-9-6-10-14-19;1-2/h5-16,22H,26H2,1-4H3;1-2H3. The van der Waals surface area contributed by atoms with Crippen molar-refractivity contribution < 1.29 is 4.52 Å². The van der Waals surface area contributed by atoms with E-state index in [0.717, 1.165) is 5.75 Å². The first-order chi connectivity index (χ1) is 13.4. The van der Waals surface area contributed by atoms with Crippen LogP contribution in [0.15, 0.2) is 72.8 Å². The fourth-order valence-corrected chi connectivity index (χ4v) is 3.77. The molecule has 0 fully saturated rings. The second-order valence-corrected chi connectivity index (χ2v) is 8.07. The zero-order valence-electron chi connectivity index (χ0n) is 18.0. The van der Waals surface area contributed by atoms with Gasteiger partial charge in [-0.1, -0.05) is 107 Å². The van der Waals surface area contributed by atoms with E-state index in [-0.39, 0.29) is 11.3 Å². The summed E-state index contributed by atoms with van der Waals surface area (Å²) < 4.78 is 5.78. The van der Waals surface area contributed by atoms with Crippen molar-refractivity contribution in [2.45, 2.75) is 52.9 Å². The molecule has 3 aromatic carbocycles. The van der Waals surface area contributed by atoms with Crippen LogP contribution in [0.5, 0.6) is 5.75 Å². The maximum atomic E-state index is 5.78. The van der Waals surface area contributed by atoms with Crippen molar-refractivity contribution in [3.63, 3.8) is 0 Å². The Balaban J connectivity index is 0.00000136. The van der Waals surface area contributed by atoms with Gasteiger partial charge >= 0.3 is 0 Å². The Kier molecular flexibility index (Phi) is 7.84. The molecule has 1 unspecified atom stereocenters. The minimum Gasteiger partial charge on any atom is -0.480 e. The summed E-state index contributed by atoms with van der Waals surface area (Å²) in [7, 11) is 2.43. The summed E-state index contributed by atoms with van der Waals surface area (Å²) >= 11 is 0. The molecule has 3 aromatic rings. The molecule has 0 aliphatic carbocycles. The van der Waals surface area contributed by atoms with Gasteiger partial charge in [-0.15, -0.1) is 0 Å². The van der Waals surface area contributed by atoms with Crippen LogP contribution in [-0.2, 0) is 5.41 Å². The smallest absolute Gasteiger partial charge is 0.129 e. The topological polar surface area (TPSA) is 9.23 Å². The van der Waals surface area contributed by atoms with E-state index < -0.39 is 0 Å². The van der Waals surface area contributed by atoms with E-state index >= 15 is 0 Å². The van der Waals surface area contributed by atoms with Gasteiger partial charge in [0.1, 0.15) is 5.75 Å². The Hall–Kier alpha value is -2.11. The minimum atomic E-state index is 0.0802.